The lowest BCUT2D eigenvalue weighted by atomic mass is 9.98. The van der Waals surface area contributed by atoms with E-state index >= 15 is 0 Å². The summed E-state index contributed by atoms with van der Waals surface area (Å²) in [6, 6.07) is 54.0. The number of benzene rings is 6. The summed E-state index contributed by atoms with van der Waals surface area (Å²) in [5.74, 6) is 0.817. The van der Waals surface area contributed by atoms with E-state index in [1.165, 1.54) is 16.2 Å². The molecular formula is C51H34N4O. The van der Waals surface area contributed by atoms with Crippen molar-refractivity contribution in [2.45, 2.75) is 6.92 Å². The monoisotopic (exact) mass is 718 g/mol. The van der Waals surface area contributed by atoms with E-state index in [1.807, 2.05) is 30.4 Å². The van der Waals surface area contributed by atoms with Gasteiger partial charge in [-0.3, -0.25) is 4.57 Å². The molecule has 264 valence electrons. The minimum Gasteiger partial charge on any atom is -0.456 e. The van der Waals surface area contributed by atoms with E-state index in [4.69, 9.17) is 14.4 Å². The smallest absolute Gasteiger partial charge is 0.162 e. The maximum atomic E-state index is 6.53. The summed E-state index contributed by atoms with van der Waals surface area (Å²) in [6.07, 6.45) is 7.71. The highest BCUT2D eigenvalue weighted by Crippen LogP contribution is 2.42. The molecule has 5 aromatic heterocycles. The quantitative estimate of drug-likeness (QED) is 0.161. The zero-order valence-corrected chi connectivity index (χ0v) is 30.6. The van der Waals surface area contributed by atoms with Crippen molar-refractivity contribution in [2.24, 2.45) is 0 Å². The lowest BCUT2D eigenvalue weighted by Gasteiger charge is -2.15. The van der Waals surface area contributed by atoms with Crippen LogP contribution in [0.3, 0.4) is 0 Å². The van der Waals surface area contributed by atoms with Crippen LogP contribution in [0.2, 0.25) is 0 Å². The zero-order valence-electron chi connectivity index (χ0n) is 30.6. The molecule has 0 saturated heterocycles. The molecule has 0 aliphatic rings. The Bertz CT molecular complexity index is 3410. The average Bonchev–Trinajstić information content (AvgIpc) is 3.90. The van der Waals surface area contributed by atoms with Crippen LogP contribution in [0.25, 0.3) is 105 Å². The van der Waals surface area contributed by atoms with Gasteiger partial charge in [0, 0.05) is 49.3 Å². The fourth-order valence-corrected chi connectivity index (χ4v) is 8.44. The van der Waals surface area contributed by atoms with Crippen LogP contribution in [0.1, 0.15) is 12.6 Å². The van der Waals surface area contributed by atoms with Crippen LogP contribution in [0, 0.1) is 0 Å². The molecule has 6 aromatic carbocycles. The van der Waals surface area contributed by atoms with E-state index in [2.05, 4.69) is 162 Å². The highest BCUT2D eigenvalue weighted by atomic mass is 16.3. The number of hydrogen-bond acceptors (Lipinski definition) is 3. The molecule has 11 rings (SSSR count). The van der Waals surface area contributed by atoms with Crippen LogP contribution in [0.5, 0.6) is 0 Å². The van der Waals surface area contributed by atoms with Gasteiger partial charge in [0.25, 0.3) is 0 Å². The minimum absolute atomic E-state index is 0.702. The molecule has 56 heavy (non-hydrogen) atoms. The van der Waals surface area contributed by atoms with E-state index in [1.54, 1.807) is 6.08 Å². The predicted octanol–water partition coefficient (Wildman–Crippen LogP) is 13.5. The summed E-state index contributed by atoms with van der Waals surface area (Å²) in [5, 5.41) is 7.94. The van der Waals surface area contributed by atoms with Crippen molar-refractivity contribution in [1.29, 1.82) is 0 Å². The number of allylic oxidation sites excluding steroid dienone is 5. The Morgan fingerprint density at radius 2 is 1.20 bits per heavy atom. The Kier molecular flexibility index (Phi) is 7.16. The van der Waals surface area contributed by atoms with E-state index in [0.29, 0.717) is 5.65 Å². The van der Waals surface area contributed by atoms with Gasteiger partial charge in [0.2, 0.25) is 0 Å². The van der Waals surface area contributed by atoms with E-state index < -0.39 is 0 Å². The molecule has 0 fully saturated rings. The molecule has 11 aromatic rings. The molecule has 0 saturated carbocycles. The molecule has 0 N–H and O–H groups in total. The lowest BCUT2D eigenvalue weighted by Crippen LogP contribution is -2.00. The van der Waals surface area contributed by atoms with Crippen molar-refractivity contribution in [3.8, 4) is 22.6 Å². The van der Waals surface area contributed by atoms with Gasteiger partial charge in [0.1, 0.15) is 17.0 Å². The van der Waals surface area contributed by atoms with E-state index in [-0.39, 0.29) is 0 Å². The average molecular weight is 719 g/mol. The largest absolute Gasteiger partial charge is 0.456 e. The van der Waals surface area contributed by atoms with E-state index in [0.717, 1.165) is 88.7 Å². The van der Waals surface area contributed by atoms with Gasteiger partial charge in [0.05, 0.1) is 33.4 Å². The predicted molar refractivity (Wildman–Crippen MR) is 234 cm³/mol. The Labute approximate surface area is 322 Å². The molecular weight excluding hydrogens is 685 g/mol. The normalized spacial score (nSPS) is 12.5. The Hall–Kier alpha value is -7.50. The molecule has 0 spiro atoms. The van der Waals surface area contributed by atoms with Gasteiger partial charge in [-0.1, -0.05) is 116 Å². The van der Waals surface area contributed by atoms with Crippen molar-refractivity contribution in [3.05, 3.63) is 188 Å². The van der Waals surface area contributed by atoms with Gasteiger partial charge in [-0.2, -0.15) is 0 Å². The molecule has 5 heterocycles. The van der Waals surface area contributed by atoms with Crippen LogP contribution in [-0.4, -0.2) is 19.1 Å². The zero-order chi connectivity index (χ0) is 37.3. The fourth-order valence-electron chi connectivity index (χ4n) is 8.44. The maximum Gasteiger partial charge on any atom is 0.162 e. The number of para-hydroxylation sites is 4. The summed E-state index contributed by atoms with van der Waals surface area (Å²) >= 11 is 0. The van der Waals surface area contributed by atoms with Gasteiger partial charge in [-0.05, 0) is 78.7 Å². The summed E-state index contributed by atoms with van der Waals surface area (Å²) in [5.41, 5.74) is 12.1. The highest BCUT2D eigenvalue weighted by Gasteiger charge is 2.21. The summed E-state index contributed by atoms with van der Waals surface area (Å²) < 4.78 is 11.2. The number of aromatic nitrogens is 4. The number of fused-ring (bicyclic) bond motifs is 10. The second-order valence-corrected chi connectivity index (χ2v) is 14.3. The molecule has 0 aliphatic heterocycles. The van der Waals surface area contributed by atoms with Gasteiger partial charge < -0.3 is 8.98 Å². The molecule has 5 heteroatoms. The van der Waals surface area contributed by atoms with Crippen LogP contribution >= 0.6 is 0 Å². The van der Waals surface area contributed by atoms with Crippen molar-refractivity contribution >= 4 is 82.2 Å². The SMILES string of the molecule is C=C/C=C\C=C(/C)c1ccc2ccc(-n3c4ccccc4c4ccc(-c5cc6c(cc5-n5c7ccccc7c7ccccc75)oc5ccccc56)cc43)nc2n1. The molecule has 0 atom stereocenters. The van der Waals surface area contributed by atoms with Crippen LogP contribution in [-0.2, 0) is 0 Å². The number of hydrogen-bond donors (Lipinski definition) is 0. The third kappa shape index (κ3) is 4.88. The third-order valence-electron chi connectivity index (χ3n) is 11.1. The second-order valence-electron chi connectivity index (χ2n) is 14.3. The lowest BCUT2D eigenvalue weighted by molar-refractivity contribution is 0.668. The number of nitrogens with zero attached hydrogens (tertiary/aromatic N) is 4. The summed E-state index contributed by atoms with van der Waals surface area (Å²) in [6.45, 7) is 5.85. The van der Waals surface area contributed by atoms with Crippen molar-refractivity contribution in [3.63, 3.8) is 0 Å². The molecule has 0 unspecified atom stereocenters. The van der Waals surface area contributed by atoms with Crippen LogP contribution in [0.4, 0.5) is 0 Å². The maximum absolute atomic E-state index is 6.53. The summed E-state index contributed by atoms with van der Waals surface area (Å²) in [7, 11) is 0. The van der Waals surface area contributed by atoms with E-state index in [9.17, 15) is 0 Å². The first-order valence-electron chi connectivity index (χ1n) is 18.9. The topological polar surface area (TPSA) is 48.8 Å². The molecule has 0 radical (unpaired) electrons. The van der Waals surface area contributed by atoms with Gasteiger partial charge >= 0.3 is 0 Å². The molecule has 0 bridgehead atoms. The highest BCUT2D eigenvalue weighted by molar-refractivity contribution is 6.14. The first kappa shape index (κ1) is 32.0. The number of rotatable bonds is 6. The molecule has 0 aliphatic carbocycles. The Morgan fingerprint density at radius 1 is 0.554 bits per heavy atom. The fraction of sp³-hybridized carbons (Fsp3) is 0.0196. The number of pyridine rings is 2. The second kappa shape index (κ2) is 12.5. The first-order chi connectivity index (χ1) is 27.6. The van der Waals surface area contributed by atoms with Gasteiger partial charge in [-0.25, -0.2) is 9.97 Å². The standard InChI is InChI=1S/C51H34N4O/c1-3-4-5-14-32(2)42-27-24-33-25-28-50(53-51(33)52-42)55-45-21-12-8-17-37(45)38-26-23-34(29-46(38)55)40-30-41-39-18-9-13-22-48(39)56-49(41)31-47(40)54-43-19-10-6-15-35(43)36-16-7-11-20-44(36)54/h3-31H,1H2,2H3/b5-4-,32-14+. The van der Waals surface area contributed by atoms with Crippen molar-refractivity contribution in [2.75, 3.05) is 0 Å². The minimum atomic E-state index is 0.702. The van der Waals surface area contributed by atoms with Crippen LogP contribution < -0.4 is 0 Å². The third-order valence-corrected chi connectivity index (χ3v) is 11.1. The Morgan fingerprint density at radius 3 is 1.93 bits per heavy atom. The first-order valence-corrected chi connectivity index (χ1v) is 18.9. The molecule has 0 amide bonds. The van der Waals surface area contributed by atoms with Gasteiger partial charge in [-0.15, -0.1) is 0 Å². The van der Waals surface area contributed by atoms with Crippen LogP contribution in [0.15, 0.2) is 187 Å². The summed E-state index contributed by atoms with van der Waals surface area (Å²) in [4.78, 5) is 10.3. The Balaban J connectivity index is 1.18. The van der Waals surface area contributed by atoms with Gasteiger partial charge in [0.15, 0.2) is 5.65 Å². The van der Waals surface area contributed by atoms with Crippen molar-refractivity contribution < 1.29 is 4.42 Å². The number of furan rings is 1. The molecule has 5 nitrogen and oxygen atoms in total. The van der Waals surface area contributed by atoms with Crippen molar-refractivity contribution in [1.82, 2.24) is 19.1 Å².